The Morgan fingerprint density at radius 2 is 2.17 bits per heavy atom. The standard InChI is InChI=1S/C18H27ClN4O6/c1-10(9-27-2)29-15(24)8-23-5-4-13(14(7-23)28-3)21-17(25)11-6-12(19)16(20)22-18(11)26/h6,10,13-14H,4-5,7-9H2,1-3H3,(H,21,25)(H3,20,22,26)/t10?,13-,14+/m0/s1. The van der Waals surface area contributed by atoms with Crippen LogP contribution >= 0.6 is 11.6 Å². The molecule has 162 valence electrons. The molecule has 1 unspecified atom stereocenters. The summed E-state index contributed by atoms with van der Waals surface area (Å²) in [5.74, 6) is -0.917. The van der Waals surface area contributed by atoms with E-state index in [0.717, 1.165) is 0 Å². The van der Waals surface area contributed by atoms with Crippen molar-refractivity contribution in [1.29, 1.82) is 0 Å². The molecule has 1 fully saturated rings. The Balaban J connectivity index is 1.94. The van der Waals surface area contributed by atoms with Crippen molar-refractivity contribution in [3.05, 3.63) is 27.0 Å². The number of hydrogen-bond acceptors (Lipinski definition) is 8. The number of aromatic nitrogens is 1. The van der Waals surface area contributed by atoms with Crippen molar-refractivity contribution in [2.45, 2.75) is 31.6 Å². The largest absolute Gasteiger partial charge is 0.459 e. The summed E-state index contributed by atoms with van der Waals surface area (Å²) < 4.78 is 15.7. The number of amides is 1. The summed E-state index contributed by atoms with van der Waals surface area (Å²) in [6.45, 7) is 3.18. The van der Waals surface area contributed by atoms with Gasteiger partial charge in [-0.1, -0.05) is 11.6 Å². The van der Waals surface area contributed by atoms with E-state index in [4.69, 9.17) is 31.5 Å². The van der Waals surface area contributed by atoms with Crippen LogP contribution in [0.3, 0.4) is 0 Å². The highest BCUT2D eigenvalue weighted by molar-refractivity contribution is 6.33. The molecule has 0 aliphatic carbocycles. The van der Waals surface area contributed by atoms with Gasteiger partial charge in [0, 0.05) is 27.3 Å². The number of carbonyl (C=O) groups is 2. The number of carbonyl (C=O) groups excluding carboxylic acids is 2. The summed E-state index contributed by atoms with van der Waals surface area (Å²) >= 11 is 5.89. The summed E-state index contributed by atoms with van der Waals surface area (Å²) in [5.41, 5.74) is 4.78. The van der Waals surface area contributed by atoms with E-state index in [0.29, 0.717) is 26.1 Å². The van der Waals surface area contributed by atoms with Crippen molar-refractivity contribution in [2.75, 3.05) is 46.2 Å². The smallest absolute Gasteiger partial charge is 0.320 e. The molecule has 0 radical (unpaired) electrons. The molecule has 1 aliphatic heterocycles. The first-order chi connectivity index (χ1) is 13.7. The second kappa shape index (κ2) is 10.6. The number of hydrogen-bond donors (Lipinski definition) is 3. The highest BCUT2D eigenvalue weighted by Gasteiger charge is 2.32. The van der Waals surface area contributed by atoms with Gasteiger partial charge in [0.1, 0.15) is 17.5 Å². The molecular weight excluding hydrogens is 404 g/mol. The molecule has 29 heavy (non-hydrogen) atoms. The van der Waals surface area contributed by atoms with Crippen LogP contribution in [-0.2, 0) is 19.0 Å². The van der Waals surface area contributed by atoms with Crippen LogP contribution in [0, 0.1) is 0 Å². The van der Waals surface area contributed by atoms with Gasteiger partial charge in [0.15, 0.2) is 0 Å². The maximum atomic E-state index is 12.5. The Hall–Kier alpha value is -2.14. The number of methoxy groups -OCH3 is 2. The number of H-pyrrole nitrogens is 1. The summed E-state index contributed by atoms with van der Waals surface area (Å²) in [7, 11) is 3.07. The summed E-state index contributed by atoms with van der Waals surface area (Å²) in [6.07, 6.45) is -0.154. The highest BCUT2D eigenvalue weighted by atomic mass is 35.5. The number of nitrogens with zero attached hydrogens (tertiary/aromatic N) is 1. The number of nitrogens with two attached hydrogens (primary N) is 1. The average Bonchev–Trinajstić information content (AvgIpc) is 2.65. The molecule has 1 aromatic heterocycles. The lowest BCUT2D eigenvalue weighted by Gasteiger charge is -2.37. The maximum Gasteiger partial charge on any atom is 0.320 e. The predicted molar refractivity (Wildman–Crippen MR) is 107 cm³/mol. The predicted octanol–water partition coefficient (Wildman–Crippen LogP) is 0.00770. The van der Waals surface area contributed by atoms with Gasteiger partial charge in [0.25, 0.3) is 11.5 Å². The normalized spacial score (nSPS) is 20.8. The summed E-state index contributed by atoms with van der Waals surface area (Å²) in [4.78, 5) is 40.8. The monoisotopic (exact) mass is 430 g/mol. The Labute approximate surface area is 173 Å². The zero-order valence-corrected chi connectivity index (χ0v) is 17.5. The minimum Gasteiger partial charge on any atom is -0.459 e. The second-order valence-electron chi connectivity index (χ2n) is 6.91. The molecule has 2 heterocycles. The molecule has 1 aromatic rings. The number of nitrogen functional groups attached to an aromatic ring is 1. The number of anilines is 1. The van der Waals surface area contributed by atoms with Crippen LogP contribution in [0.15, 0.2) is 10.9 Å². The van der Waals surface area contributed by atoms with Gasteiger partial charge in [-0.15, -0.1) is 0 Å². The number of ether oxygens (including phenoxy) is 3. The van der Waals surface area contributed by atoms with E-state index in [1.54, 1.807) is 14.0 Å². The number of halogens is 1. The van der Waals surface area contributed by atoms with Gasteiger partial charge in [-0.3, -0.25) is 19.3 Å². The van der Waals surface area contributed by atoms with Gasteiger partial charge < -0.3 is 30.2 Å². The lowest BCUT2D eigenvalue weighted by Crippen LogP contribution is -2.56. The van der Waals surface area contributed by atoms with Crippen LogP contribution in [-0.4, -0.2) is 80.5 Å². The van der Waals surface area contributed by atoms with E-state index in [1.807, 2.05) is 4.90 Å². The SMILES string of the molecule is COCC(C)OC(=O)CN1CC[C@H](NC(=O)c2cc(Cl)c(N)[nH]c2=O)[C@H](OC)C1. The lowest BCUT2D eigenvalue weighted by molar-refractivity contribution is -0.152. The van der Waals surface area contributed by atoms with E-state index in [9.17, 15) is 14.4 Å². The first kappa shape index (κ1) is 23.1. The van der Waals surface area contributed by atoms with E-state index >= 15 is 0 Å². The number of aromatic amines is 1. The van der Waals surface area contributed by atoms with Gasteiger partial charge in [0.05, 0.1) is 30.3 Å². The molecule has 4 N–H and O–H groups in total. The van der Waals surface area contributed by atoms with Gasteiger partial charge >= 0.3 is 5.97 Å². The van der Waals surface area contributed by atoms with Crippen LogP contribution in [0.4, 0.5) is 5.82 Å². The molecule has 1 saturated heterocycles. The van der Waals surface area contributed by atoms with Crippen LogP contribution in [0.2, 0.25) is 5.02 Å². The van der Waals surface area contributed by atoms with Crippen molar-refractivity contribution in [1.82, 2.24) is 15.2 Å². The molecule has 11 heteroatoms. The van der Waals surface area contributed by atoms with E-state index in [2.05, 4.69) is 10.3 Å². The molecule has 2 rings (SSSR count). The van der Waals surface area contributed by atoms with E-state index < -0.39 is 11.5 Å². The van der Waals surface area contributed by atoms with Crippen molar-refractivity contribution in [2.24, 2.45) is 0 Å². The minimum atomic E-state index is -0.622. The first-order valence-electron chi connectivity index (χ1n) is 9.17. The number of piperidine rings is 1. The minimum absolute atomic E-state index is 0.00277. The molecule has 0 aromatic carbocycles. The third-order valence-electron chi connectivity index (χ3n) is 4.62. The number of esters is 1. The number of rotatable bonds is 8. The average molecular weight is 431 g/mol. The zero-order valence-electron chi connectivity index (χ0n) is 16.7. The molecule has 3 atom stereocenters. The molecule has 1 amide bonds. The van der Waals surface area contributed by atoms with Gasteiger partial charge in [-0.2, -0.15) is 0 Å². The lowest BCUT2D eigenvalue weighted by atomic mass is 10.0. The fraction of sp³-hybridized carbons (Fsp3) is 0.611. The maximum absolute atomic E-state index is 12.5. The van der Waals surface area contributed by atoms with Gasteiger partial charge in [0.2, 0.25) is 0 Å². The van der Waals surface area contributed by atoms with Crippen LogP contribution < -0.4 is 16.6 Å². The second-order valence-corrected chi connectivity index (χ2v) is 7.31. The Bertz CT molecular complexity index is 786. The quantitative estimate of drug-likeness (QED) is 0.490. The number of likely N-dealkylation sites (tertiary alicyclic amines) is 1. The fourth-order valence-corrected chi connectivity index (χ4v) is 3.33. The topological polar surface area (TPSA) is 136 Å². The van der Waals surface area contributed by atoms with Crippen molar-refractivity contribution >= 4 is 29.3 Å². The highest BCUT2D eigenvalue weighted by Crippen LogP contribution is 2.17. The molecule has 0 saturated carbocycles. The van der Waals surface area contributed by atoms with E-state index in [1.165, 1.54) is 13.2 Å². The van der Waals surface area contributed by atoms with Gasteiger partial charge in [-0.05, 0) is 19.4 Å². The zero-order chi connectivity index (χ0) is 21.6. The molecule has 10 nitrogen and oxygen atoms in total. The van der Waals surface area contributed by atoms with Gasteiger partial charge in [-0.25, -0.2) is 0 Å². The first-order valence-corrected chi connectivity index (χ1v) is 9.55. The Morgan fingerprint density at radius 1 is 1.45 bits per heavy atom. The number of pyridine rings is 1. The molecule has 0 spiro atoms. The third-order valence-corrected chi connectivity index (χ3v) is 4.93. The molecule has 1 aliphatic rings. The number of nitrogens with one attached hydrogen (secondary N) is 2. The summed E-state index contributed by atoms with van der Waals surface area (Å²) in [5, 5.41) is 2.90. The molecular formula is C18H27ClN4O6. The fourth-order valence-electron chi connectivity index (χ4n) is 3.18. The van der Waals surface area contributed by atoms with E-state index in [-0.39, 0.29) is 47.2 Å². The van der Waals surface area contributed by atoms with Crippen molar-refractivity contribution < 1.29 is 23.8 Å². The van der Waals surface area contributed by atoms with Crippen molar-refractivity contribution in [3.8, 4) is 0 Å². The van der Waals surface area contributed by atoms with Crippen molar-refractivity contribution in [3.63, 3.8) is 0 Å². The van der Waals surface area contributed by atoms with Crippen LogP contribution in [0.25, 0.3) is 0 Å². The Morgan fingerprint density at radius 3 is 2.83 bits per heavy atom. The third kappa shape index (κ3) is 6.43. The Kier molecular flexibility index (Phi) is 8.45. The van der Waals surface area contributed by atoms with Crippen LogP contribution in [0.1, 0.15) is 23.7 Å². The van der Waals surface area contributed by atoms with Crippen LogP contribution in [0.5, 0.6) is 0 Å². The summed E-state index contributed by atoms with van der Waals surface area (Å²) in [6, 6.07) is 0.905. The molecule has 0 bridgehead atoms.